The molecule has 1 amide bonds. The second kappa shape index (κ2) is 9.47. The largest absolute Gasteiger partial charge is 1.00 e. The molecule has 1 rings (SSSR count). The van der Waals surface area contributed by atoms with Gasteiger partial charge in [0, 0.05) is 25.8 Å². The molecular weight excluding hydrogens is 352 g/mol. The van der Waals surface area contributed by atoms with Gasteiger partial charge in [0.25, 0.3) is 5.91 Å². The zero-order chi connectivity index (χ0) is 15.9. The third-order valence-corrected chi connectivity index (χ3v) is 3.94. The van der Waals surface area contributed by atoms with Crippen LogP contribution in [0.1, 0.15) is 40.0 Å². The molecule has 130 valence electrons. The van der Waals surface area contributed by atoms with Gasteiger partial charge in [0.05, 0.1) is 26.2 Å². The minimum Gasteiger partial charge on any atom is -1.00 e. The number of rotatable bonds is 8. The molecule has 2 N–H and O–H groups in total. The van der Waals surface area contributed by atoms with Gasteiger partial charge in [-0.25, -0.2) is 4.79 Å². The van der Waals surface area contributed by atoms with E-state index in [0.717, 1.165) is 43.4 Å². The Morgan fingerprint density at radius 1 is 1.27 bits per heavy atom. The smallest absolute Gasteiger partial charge is 0.361 e. The Morgan fingerprint density at radius 2 is 1.86 bits per heavy atom. The maximum Gasteiger partial charge on any atom is 0.361 e. The Morgan fingerprint density at radius 3 is 2.36 bits per heavy atom. The fraction of sp³-hybridized carbons (Fsp3) is 0.867. The number of hydrogen-bond donors (Lipinski definition) is 2. The summed E-state index contributed by atoms with van der Waals surface area (Å²) >= 11 is 0. The van der Waals surface area contributed by atoms with Crippen LogP contribution in [0.5, 0.6) is 0 Å². The number of carbonyl (C=O) groups excluding carboxylic acids is 2. The van der Waals surface area contributed by atoms with E-state index >= 15 is 0 Å². The van der Waals surface area contributed by atoms with Crippen LogP contribution in [0.4, 0.5) is 0 Å². The van der Waals surface area contributed by atoms with Gasteiger partial charge in [0.1, 0.15) is 5.60 Å². The standard InChI is InChI=1S/C15H28N2O4.BrH/c1-4-21-13(18)12-17(9-5-6-10-17)11-7-8-16-14(19)15(2,3)20;/h20H,4-12H2,1-3H3;1H. The number of quaternary nitrogens is 1. The number of hydrogen-bond acceptors (Lipinski definition) is 4. The highest BCUT2D eigenvalue weighted by molar-refractivity contribution is 5.83. The molecule has 0 radical (unpaired) electrons. The van der Waals surface area contributed by atoms with E-state index in [4.69, 9.17) is 4.74 Å². The highest BCUT2D eigenvalue weighted by Gasteiger charge is 2.34. The van der Waals surface area contributed by atoms with Gasteiger partial charge in [-0.1, -0.05) is 0 Å². The molecule has 22 heavy (non-hydrogen) atoms. The van der Waals surface area contributed by atoms with Crippen LogP contribution < -0.4 is 22.3 Å². The van der Waals surface area contributed by atoms with E-state index in [9.17, 15) is 14.7 Å². The van der Waals surface area contributed by atoms with E-state index < -0.39 is 5.60 Å². The van der Waals surface area contributed by atoms with Crippen LogP contribution in [-0.2, 0) is 14.3 Å². The first-order chi connectivity index (χ1) is 9.79. The Labute approximate surface area is 143 Å². The maximum atomic E-state index is 11.7. The molecule has 1 aliphatic rings. The van der Waals surface area contributed by atoms with Crippen LogP contribution in [0.3, 0.4) is 0 Å². The molecule has 0 aromatic carbocycles. The fourth-order valence-electron chi connectivity index (χ4n) is 2.78. The van der Waals surface area contributed by atoms with Crippen molar-refractivity contribution in [1.82, 2.24) is 5.32 Å². The molecule has 1 aliphatic heterocycles. The predicted molar refractivity (Wildman–Crippen MR) is 79.5 cm³/mol. The summed E-state index contributed by atoms with van der Waals surface area (Å²) < 4.78 is 5.82. The summed E-state index contributed by atoms with van der Waals surface area (Å²) in [6.07, 6.45) is 3.06. The number of aliphatic hydroxyl groups is 1. The second-order valence-electron chi connectivity index (χ2n) is 6.35. The third kappa shape index (κ3) is 7.07. The normalized spacial score (nSPS) is 16.7. The van der Waals surface area contributed by atoms with Gasteiger partial charge in [-0.2, -0.15) is 0 Å². The lowest BCUT2D eigenvalue weighted by Crippen LogP contribution is -3.00. The molecule has 0 bridgehead atoms. The van der Waals surface area contributed by atoms with Crippen LogP contribution >= 0.6 is 0 Å². The first-order valence-electron chi connectivity index (χ1n) is 7.80. The number of nitrogens with one attached hydrogen (secondary N) is 1. The number of likely N-dealkylation sites (tertiary alicyclic amines) is 1. The van der Waals surface area contributed by atoms with Gasteiger partial charge in [-0.15, -0.1) is 0 Å². The number of carbonyl (C=O) groups is 2. The summed E-state index contributed by atoms with van der Waals surface area (Å²) in [7, 11) is 0. The summed E-state index contributed by atoms with van der Waals surface area (Å²) in [4.78, 5) is 23.3. The zero-order valence-electron chi connectivity index (χ0n) is 13.9. The minimum atomic E-state index is -1.34. The number of halogens is 1. The van der Waals surface area contributed by atoms with Gasteiger partial charge in [-0.3, -0.25) is 4.79 Å². The van der Waals surface area contributed by atoms with Crippen LogP contribution in [0.15, 0.2) is 0 Å². The first kappa shape index (κ1) is 21.3. The van der Waals surface area contributed by atoms with Gasteiger partial charge in [-0.05, 0) is 20.8 Å². The van der Waals surface area contributed by atoms with Gasteiger partial charge in [0.15, 0.2) is 6.54 Å². The molecule has 0 aromatic rings. The van der Waals surface area contributed by atoms with Crippen LogP contribution in [0.25, 0.3) is 0 Å². The molecule has 1 saturated heterocycles. The van der Waals surface area contributed by atoms with Crippen LogP contribution in [-0.4, -0.2) is 66.4 Å². The summed E-state index contributed by atoms with van der Waals surface area (Å²) in [5.41, 5.74) is -1.34. The molecule has 6 nitrogen and oxygen atoms in total. The van der Waals surface area contributed by atoms with E-state index in [1.54, 1.807) is 0 Å². The number of esters is 1. The molecule has 0 aromatic heterocycles. The van der Waals surface area contributed by atoms with Crippen molar-refractivity contribution in [3.05, 3.63) is 0 Å². The maximum absolute atomic E-state index is 11.7. The van der Waals surface area contributed by atoms with Crippen molar-refractivity contribution >= 4 is 11.9 Å². The lowest BCUT2D eigenvalue weighted by atomic mass is 10.1. The fourth-order valence-corrected chi connectivity index (χ4v) is 2.78. The SMILES string of the molecule is CCOC(=O)C[N+]1(CCCNC(=O)C(C)(C)O)CCCC1.[Br-]. The number of amides is 1. The Bertz CT molecular complexity index is 363. The molecule has 7 heteroatoms. The Hall–Kier alpha value is -0.660. The predicted octanol–water partition coefficient (Wildman–Crippen LogP) is -2.56. The summed E-state index contributed by atoms with van der Waals surface area (Å²) in [6.45, 7) is 8.97. The zero-order valence-corrected chi connectivity index (χ0v) is 15.4. The van der Waals surface area contributed by atoms with Crippen molar-refractivity contribution in [3.63, 3.8) is 0 Å². The lowest BCUT2D eigenvalue weighted by molar-refractivity contribution is -0.909. The average Bonchev–Trinajstić information content (AvgIpc) is 2.82. The highest BCUT2D eigenvalue weighted by atomic mass is 79.9. The first-order valence-corrected chi connectivity index (χ1v) is 7.80. The van der Waals surface area contributed by atoms with Crippen molar-refractivity contribution in [3.8, 4) is 0 Å². The second-order valence-corrected chi connectivity index (χ2v) is 6.35. The van der Waals surface area contributed by atoms with E-state index in [1.807, 2.05) is 6.92 Å². The van der Waals surface area contributed by atoms with Crippen LogP contribution in [0.2, 0.25) is 0 Å². The molecule has 0 spiro atoms. The summed E-state index contributed by atoms with van der Waals surface area (Å²) in [5, 5.41) is 12.3. The van der Waals surface area contributed by atoms with Crippen molar-refractivity contribution < 1.29 is 40.9 Å². The third-order valence-electron chi connectivity index (χ3n) is 3.94. The Balaban J connectivity index is 0.00000441. The monoisotopic (exact) mass is 380 g/mol. The van der Waals surface area contributed by atoms with E-state index in [0.29, 0.717) is 19.7 Å². The number of nitrogens with zero attached hydrogens (tertiary/aromatic N) is 1. The Kier molecular flexibility index (Phi) is 9.19. The highest BCUT2D eigenvalue weighted by Crippen LogP contribution is 2.20. The molecular formula is C15H29BrN2O4. The molecule has 0 atom stereocenters. The van der Waals surface area contributed by atoms with Gasteiger partial charge in [0.2, 0.25) is 0 Å². The quantitative estimate of drug-likeness (QED) is 0.276. The number of ether oxygens (including phenoxy) is 1. The molecule has 0 aliphatic carbocycles. The minimum absolute atomic E-state index is 0. The summed E-state index contributed by atoms with van der Waals surface area (Å²) in [5.74, 6) is -0.499. The van der Waals surface area contributed by atoms with Crippen molar-refractivity contribution in [2.75, 3.05) is 39.3 Å². The van der Waals surface area contributed by atoms with E-state index in [-0.39, 0.29) is 28.9 Å². The van der Waals surface area contributed by atoms with Crippen molar-refractivity contribution in [1.29, 1.82) is 0 Å². The van der Waals surface area contributed by atoms with E-state index in [2.05, 4.69) is 5.32 Å². The average molecular weight is 381 g/mol. The lowest BCUT2D eigenvalue weighted by Gasteiger charge is -2.33. The van der Waals surface area contributed by atoms with Crippen molar-refractivity contribution in [2.45, 2.75) is 45.6 Å². The van der Waals surface area contributed by atoms with Crippen LogP contribution in [0, 0.1) is 0 Å². The van der Waals surface area contributed by atoms with Crippen molar-refractivity contribution in [2.24, 2.45) is 0 Å². The molecule has 0 unspecified atom stereocenters. The molecule has 0 saturated carbocycles. The van der Waals surface area contributed by atoms with Gasteiger partial charge < -0.3 is 36.6 Å². The molecule has 1 heterocycles. The molecule has 1 fully saturated rings. The van der Waals surface area contributed by atoms with Gasteiger partial charge >= 0.3 is 5.97 Å². The van der Waals surface area contributed by atoms with E-state index in [1.165, 1.54) is 13.8 Å². The topological polar surface area (TPSA) is 75.6 Å². The summed E-state index contributed by atoms with van der Waals surface area (Å²) in [6, 6.07) is 0.